The molecule has 0 spiro atoms. The molecule has 1 fully saturated rings. The van der Waals surface area contributed by atoms with E-state index >= 15 is 0 Å². The van der Waals surface area contributed by atoms with E-state index < -0.39 is 0 Å². The maximum atomic E-state index is 5.99. The summed E-state index contributed by atoms with van der Waals surface area (Å²) in [7, 11) is 1.73. The molecule has 0 unspecified atom stereocenters. The molecular weight excluding hydrogens is 289 g/mol. The maximum absolute atomic E-state index is 5.99. The molecule has 0 bridgehead atoms. The molecule has 2 aromatic heterocycles. The molecule has 1 saturated carbocycles. The van der Waals surface area contributed by atoms with Gasteiger partial charge >= 0.3 is 128 Å². The van der Waals surface area contributed by atoms with Gasteiger partial charge in [0.05, 0.1) is 0 Å². The van der Waals surface area contributed by atoms with E-state index in [-0.39, 0.29) is 6.10 Å². The predicted octanol–water partition coefficient (Wildman–Crippen LogP) is 4.02. The minimum absolute atomic E-state index is 0.286. The molecule has 2 heterocycles. The second-order valence-electron chi connectivity index (χ2n) is 5.94. The zero-order valence-electron chi connectivity index (χ0n) is 12.9. The first-order valence-electron chi connectivity index (χ1n) is 8.09. The summed E-state index contributed by atoms with van der Waals surface area (Å²) in [5, 5.41) is 5.34. The fraction of sp³-hybridized carbons (Fsp3) is 0.353. The second-order valence-corrected chi connectivity index (χ2v) is 5.94. The Labute approximate surface area is 135 Å². The molecule has 0 saturated heterocycles. The van der Waals surface area contributed by atoms with Crippen LogP contribution in [0.2, 0.25) is 0 Å². The fourth-order valence-corrected chi connectivity index (χ4v) is 2.99. The van der Waals surface area contributed by atoms with Crippen molar-refractivity contribution in [3.63, 3.8) is 0 Å². The molecule has 4 rings (SSSR count). The topological polar surface area (TPSA) is 60.2 Å². The standard InChI is InChI=1S/C17H18BN3O2/c1-2-4-14(5-3-1)23-16-8-9-19-17(21-16)20-13-6-7-15-12(10-13)11-22-18-15/h6-11,14H,1-5H2,(H,19,20,21). The van der Waals surface area contributed by atoms with Gasteiger partial charge in [-0.1, -0.05) is 6.42 Å². The Hall–Kier alpha value is -2.37. The molecule has 5 nitrogen and oxygen atoms in total. The van der Waals surface area contributed by atoms with Crippen molar-refractivity contribution in [3.05, 3.63) is 36.7 Å². The third-order valence-corrected chi connectivity index (χ3v) is 4.20. The van der Waals surface area contributed by atoms with E-state index in [9.17, 15) is 0 Å². The van der Waals surface area contributed by atoms with Crippen LogP contribution in [-0.4, -0.2) is 23.2 Å². The number of aromatic nitrogens is 2. The van der Waals surface area contributed by atoms with Gasteiger partial charge in [0.15, 0.2) is 0 Å². The van der Waals surface area contributed by atoms with Crippen molar-refractivity contribution in [2.24, 2.45) is 0 Å². The van der Waals surface area contributed by atoms with Gasteiger partial charge in [-0.05, 0) is 0 Å². The van der Waals surface area contributed by atoms with Gasteiger partial charge < -0.3 is 0 Å². The number of nitrogens with one attached hydrogen (secondary N) is 1. The Bertz CT molecular complexity index is 799. The van der Waals surface area contributed by atoms with Crippen LogP contribution in [0.1, 0.15) is 32.1 Å². The molecule has 1 aromatic carbocycles. The van der Waals surface area contributed by atoms with Gasteiger partial charge in [-0.3, -0.25) is 0 Å². The third kappa shape index (κ3) is 3.36. The molecule has 1 N–H and O–H groups in total. The molecule has 0 aliphatic heterocycles. The number of hydrogen-bond acceptors (Lipinski definition) is 5. The molecule has 23 heavy (non-hydrogen) atoms. The third-order valence-electron chi connectivity index (χ3n) is 4.20. The SMILES string of the molecule is b1occ2cc(Nc3nccc(OC4CCCCC4)n3)ccc12. The number of ether oxygens (including phenoxy) is 1. The zero-order valence-corrected chi connectivity index (χ0v) is 12.9. The molecule has 3 aromatic rings. The summed E-state index contributed by atoms with van der Waals surface area (Å²) in [6.45, 7) is 0. The van der Waals surface area contributed by atoms with Crippen LogP contribution in [0.15, 0.2) is 41.1 Å². The van der Waals surface area contributed by atoms with Gasteiger partial charge in [-0.25, -0.2) is 0 Å². The molecule has 0 radical (unpaired) electrons. The second kappa shape index (κ2) is 6.40. The van der Waals surface area contributed by atoms with Crippen LogP contribution in [0, 0.1) is 0 Å². The number of anilines is 2. The normalized spacial score (nSPS) is 15.5. The van der Waals surface area contributed by atoms with Crippen molar-refractivity contribution in [1.29, 1.82) is 0 Å². The van der Waals surface area contributed by atoms with E-state index in [1.807, 2.05) is 24.3 Å². The number of benzene rings is 1. The number of hydrogen-bond donors (Lipinski definition) is 1. The van der Waals surface area contributed by atoms with Crippen LogP contribution >= 0.6 is 0 Å². The molecule has 1 aliphatic rings. The zero-order chi connectivity index (χ0) is 15.5. The Kier molecular flexibility index (Phi) is 3.96. The van der Waals surface area contributed by atoms with Gasteiger partial charge in [0, 0.05) is 0 Å². The average Bonchev–Trinajstić information content (AvgIpc) is 3.04. The summed E-state index contributed by atoms with van der Waals surface area (Å²) in [4.78, 5) is 8.73. The van der Waals surface area contributed by atoms with Crippen molar-refractivity contribution >= 4 is 29.4 Å². The minimum atomic E-state index is 0.286. The summed E-state index contributed by atoms with van der Waals surface area (Å²) in [6, 6.07) is 7.81. The quantitative estimate of drug-likeness (QED) is 0.789. The van der Waals surface area contributed by atoms with Crippen molar-refractivity contribution in [2.75, 3.05) is 5.32 Å². The molecule has 0 atom stereocenters. The van der Waals surface area contributed by atoms with E-state index in [1.54, 1.807) is 19.6 Å². The Balaban J connectivity index is 1.48. The Morgan fingerprint density at radius 3 is 3.00 bits per heavy atom. The van der Waals surface area contributed by atoms with Crippen LogP contribution in [0.25, 0.3) is 10.7 Å². The van der Waals surface area contributed by atoms with Crippen LogP contribution in [0.5, 0.6) is 5.88 Å². The van der Waals surface area contributed by atoms with E-state index in [0.29, 0.717) is 11.8 Å². The van der Waals surface area contributed by atoms with Crippen molar-refractivity contribution in [2.45, 2.75) is 38.2 Å². The first-order chi connectivity index (χ1) is 11.4. The van der Waals surface area contributed by atoms with Gasteiger partial charge in [0.2, 0.25) is 0 Å². The molecule has 6 heteroatoms. The Morgan fingerprint density at radius 2 is 2.09 bits per heavy atom. The molecule has 0 amide bonds. The van der Waals surface area contributed by atoms with E-state index in [0.717, 1.165) is 29.2 Å². The van der Waals surface area contributed by atoms with Crippen LogP contribution in [0.3, 0.4) is 0 Å². The molecular formula is C17H18BN3O2. The van der Waals surface area contributed by atoms with Crippen molar-refractivity contribution in [1.82, 2.24) is 9.97 Å². The summed E-state index contributed by atoms with van der Waals surface area (Å²) in [5.41, 5.74) is 0.925. The number of nitrogens with zero attached hydrogens (tertiary/aromatic N) is 2. The van der Waals surface area contributed by atoms with Gasteiger partial charge in [0.25, 0.3) is 0 Å². The number of rotatable bonds is 4. The Morgan fingerprint density at radius 1 is 1.17 bits per heavy atom. The first kappa shape index (κ1) is 14.2. The van der Waals surface area contributed by atoms with Crippen LogP contribution < -0.4 is 10.1 Å². The van der Waals surface area contributed by atoms with Crippen molar-refractivity contribution < 1.29 is 9.07 Å². The van der Waals surface area contributed by atoms with Crippen LogP contribution in [0.4, 0.5) is 11.6 Å². The van der Waals surface area contributed by atoms with Gasteiger partial charge in [-0.2, -0.15) is 0 Å². The van der Waals surface area contributed by atoms with E-state index in [1.165, 1.54) is 19.3 Å². The summed E-state index contributed by atoms with van der Waals surface area (Å²) in [6.07, 6.45) is 9.76. The summed E-state index contributed by atoms with van der Waals surface area (Å²) >= 11 is 0. The van der Waals surface area contributed by atoms with Crippen LogP contribution in [-0.2, 0) is 0 Å². The van der Waals surface area contributed by atoms with E-state index in [4.69, 9.17) is 9.07 Å². The summed E-state index contributed by atoms with van der Waals surface area (Å²) in [5.74, 6) is 1.18. The average molecular weight is 307 g/mol. The fourth-order valence-electron chi connectivity index (χ4n) is 2.99. The monoisotopic (exact) mass is 307 g/mol. The molecule has 116 valence electrons. The van der Waals surface area contributed by atoms with Gasteiger partial charge in [0.1, 0.15) is 0 Å². The van der Waals surface area contributed by atoms with Gasteiger partial charge in [-0.15, -0.1) is 0 Å². The van der Waals surface area contributed by atoms with Crippen molar-refractivity contribution in [3.8, 4) is 5.88 Å². The first-order valence-corrected chi connectivity index (χ1v) is 8.09. The molecule has 1 aliphatic carbocycles. The summed E-state index contributed by atoms with van der Waals surface area (Å²) < 4.78 is 11.2. The predicted molar refractivity (Wildman–Crippen MR) is 90.4 cm³/mol. The van der Waals surface area contributed by atoms with E-state index in [2.05, 4.69) is 15.3 Å². The number of fused-ring (bicyclic) bond motifs is 1.